The van der Waals surface area contributed by atoms with Crippen molar-refractivity contribution in [1.82, 2.24) is 9.78 Å². The summed E-state index contributed by atoms with van der Waals surface area (Å²) >= 11 is 0. The summed E-state index contributed by atoms with van der Waals surface area (Å²) in [7, 11) is 0. The zero-order valence-electron chi connectivity index (χ0n) is 18.6. The van der Waals surface area contributed by atoms with Gasteiger partial charge in [-0.2, -0.15) is 5.10 Å². The number of aromatic nitrogens is 2. The lowest BCUT2D eigenvalue weighted by Crippen LogP contribution is -2.17. The molecule has 7 heteroatoms. The van der Waals surface area contributed by atoms with E-state index in [1.54, 1.807) is 28.9 Å². The number of anilines is 2. The van der Waals surface area contributed by atoms with Crippen LogP contribution in [0.4, 0.5) is 15.9 Å². The Hall–Kier alpha value is -4.26. The molecule has 0 saturated heterocycles. The van der Waals surface area contributed by atoms with E-state index in [-0.39, 0.29) is 23.5 Å². The Kier molecular flexibility index (Phi) is 5.67. The van der Waals surface area contributed by atoms with Crippen LogP contribution in [-0.2, 0) is 4.79 Å². The number of nitrogens with one attached hydrogen (secondary N) is 2. The molecule has 0 spiro atoms. The molecule has 0 radical (unpaired) electrons. The summed E-state index contributed by atoms with van der Waals surface area (Å²) < 4.78 is 14.8. The first-order chi connectivity index (χ1) is 16.5. The molecule has 0 atom stereocenters. The fraction of sp³-hybridized carbons (Fsp3) is 0.148. The molecule has 0 bridgehead atoms. The minimum atomic E-state index is -0.365. The van der Waals surface area contributed by atoms with Crippen molar-refractivity contribution >= 4 is 23.3 Å². The van der Waals surface area contributed by atoms with Gasteiger partial charge < -0.3 is 10.6 Å². The van der Waals surface area contributed by atoms with Crippen molar-refractivity contribution in [3.63, 3.8) is 0 Å². The molecule has 34 heavy (non-hydrogen) atoms. The van der Waals surface area contributed by atoms with Crippen LogP contribution in [0.25, 0.3) is 16.8 Å². The molecule has 6 nitrogen and oxygen atoms in total. The number of benzene rings is 3. The van der Waals surface area contributed by atoms with E-state index in [1.807, 2.05) is 37.3 Å². The van der Waals surface area contributed by atoms with E-state index in [9.17, 15) is 14.0 Å². The number of hydrogen-bond donors (Lipinski definition) is 2. The van der Waals surface area contributed by atoms with Crippen LogP contribution in [0.1, 0.15) is 28.9 Å². The number of carbonyl (C=O) groups excluding carboxylic acids is 2. The number of halogens is 1. The maximum Gasteiger partial charge on any atom is 0.255 e. The minimum absolute atomic E-state index is 0.00590. The Morgan fingerprint density at radius 2 is 1.59 bits per heavy atom. The van der Waals surface area contributed by atoms with E-state index in [4.69, 9.17) is 5.10 Å². The van der Waals surface area contributed by atoms with Gasteiger partial charge in [0, 0.05) is 22.7 Å². The molecular formula is C27H23FN4O2. The highest BCUT2D eigenvalue weighted by molar-refractivity contribution is 6.04. The summed E-state index contributed by atoms with van der Waals surface area (Å²) in [5.74, 6) is -0.0130. The molecular weight excluding hydrogens is 431 g/mol. The smallest absolute Gasteiger partial charge is 0.255 e. The van der Waals surface area contributed by atoms with E-state index >= 15 is 0 Å². The summed E-state index contributed by atoms with van der Waals surface area (Å²) in [4.78, 5) is 25.3. The lowest BCUT2D eigenvalue weighted by atomic mass is 10.1. The topological polar surface area (TPSA) is 76.0 Å². The largest absolute Gasteiger partial charge is 0.322 e. The van der Waals surface area contributed by atoms with E-state index in [0.29, 0.717) is 17.1 Å². The van der Waals surface area contributed by atoms with Crippen molar-refractivity contribution in [2.24, 2.45) is 5.92 Å². The summed E-state index contributed by atoms with van der Waals surface area (Å²) in [5.41, 5.74) is 4.30. The van der Waals surface area contributed by atoms with Crippen molar-refractivity contribution in [2.75, 3.05) is 10.6 Å². The highest BCUT2D eigenvalue weighted by atomic mass is 19.1. The lowest BCUT2D eigenvalue weighted by Gasteiger charge is -2.12. The molecule has 3 aromatic carbocycles. The van der Waals surface area contributed by atoms with Crippen LogP contribution >= 0.6 is 0 Å². The van der Waals surface area contributed by atoms with Crippen LogP contribution in [-0.4, -0.2) is 21.6 Å². The first-order valence-electron chi connectivity index (χ1n) is 11.1. The zero-order chi connectivity index (χ0) is 23.7. The number of nitrogens with zero attached hydrogens (tertiary/aromatic N) is 2. The van der Waals surface area contributed by atoms with Gasteiger partial charge in [-0.1, -0.05) is 30.3 Å². The van der Waals surface area contributed by atoms with Crippen molar-refractivity contribution in [3.05, 3.63) is 95.9 Å². The van der Waals surface area contributed by atoms with Gasteiger partial charge in [0.15, 0.2) is 0 Å². The predicted molar refractivity (Wildman–Crippen MR) is 129 cm³/mol. The molecule has 2 N–H and O–H groups in total. The number of amides is 2. The van der Waals surface area contributed by atoms with Gasteiger partial charge in [0.1, 0.15) is 11.6 Å². The first kappa shape index (κ1) is 21.6. The van der Waals surface area contributed by atoms with Gasteiger partial charge in [0.2, 0.25) is 5.91 Å². The maximum absolute atomic E-state index is 13.1. The Morgan fingerprint density at radius 1 is 0.912 bits per heavy atom. The number of hydrogen-bond acceptors (Lipinski definition) is 3. The van der Waals surface area contributed by atoms with Gasteiger partial charge in [-0.3, -0.25) is 9.59 Å². The second kappa shape index (κ2) is 8.94. The third-order valence-corrected chi connectivity index (χ3v) is 5.79. The molecule has 4 aromatic rings. The monoisotopic (exact) mass is 454 g/mol. The molecule has 0 unspecified atom stereocenters. The first-order valence-corrected chi connectivity index (χ1v) is 11.1. The highest BCUT2D eigenvalue weighted by Gasteiger charge is 2.31. The molecule has 1 aliphatic rings. The standard InChI is InChI=1S/C27H23FN4O2/c1-17-24(18-5-3-2-4-6-18)25(30-27(34)19-7-8-19)32(31-17)23-15-9-20(10-16-23)26(33)29-22-13-11-21(28)12-14-22/h2-6,9-16,19H,7-8H2,1H3,(H,29,33)(H,30,34). The Balaban J connectivity index is 1.46. The molecule has 1 aliphatic carbocycles. The van der Waals surface area contributed by atoms with Crippen molar-refractivity contribution in [2.45, 2.75) is 19.8 Å². The predicted octanol–water partition coefficient (Wildman–Crippen LogP) is 5.59. The van der Waals surface area contributed by atoms with Crippen LogP contribution < -0.4 is 10.6 Å². The second-order valence-corrected chi connectivity index (χ2v) is 8.36. The number of carbonyl (C=O) groups is 2. The molecule has 1 heterocycles. The molecule has 1 fully saturated rings. The average Bonchev–Trinajstić information content (AvgIpc) is 3.65. The van der Waals surface area contributed by atoms with Gasteiger partial charge in [0.05, 0.1) is 11.4 Å². The Morgan fingerprint density at radius 3 is 2.24 bits per heavy atom. The van der Waals surface area contributed by atoms with Crippen LogP contribution in [0.2, 0.25) is 0 Å². The fourth-order valence-electron chi connectivity index (χ4n) is 3.83. The van der Waals surface area contributed by atoms with Crippen LogP contribution in [0, 0.1) is 18.7 Å². The second-order valence-electron chi connectivity index (χ2n) is 8.36. The molecule has 5 rings (SSSR count). The molecule has 1 saturated carbocycles. The molecule has 2 amide bonds. The Bertz CT molecular complexity index is 1340. The number of aryl methyl sites for hydroxylation is 1. The normalized spacial score (nSPS) is 12.9. The summed E-state index contributed by atoms with van der Waals surface area (Å²) in [5, 5.41) is 10.5. The Labute approximate surface area is 196 Å². The van der Waals surface area contributed by atoms with Gasteiger partial charge in [0.25, 0.3) is 5.91 Å². The molecule has 0 aliphatic heterocycles. The summed E-state index contributed by atoms with van der Waals surface area (Å²) in [6.07, 6.45) is 1.80. The van der Waals surface area contributed by atoms with Crippen molar-refractivity contribution in [1.29, 1.82) is 0 Å². The summed E-state index contributed by atoms with van der Waals surface area (Å²) in [6, 6.07) is 22.4. The zero-order valence-corrected chi connectivity index (χ0v) is 18.6. The highest BCUT2D eigenvalue weighted by Crippen LogP contribution is 2.36. The van der Waals surface area contributed by atoms with Crippen LogP contribution in [0.5, 0.6) is 0 Å². The van der Waals surface area contributed by atoms with E-state index in [1.165, 1.54) is 24.3 Å². The van der Waals surface area contributed by atoms with Gasteiger partial charge in [-0.15, -0.1) is 0 Å². The quantitative estimate of drug-likeness (QED) is 0.399. The summed E-state index contributed by atoms with van der Waals surface area (Å²) in [6.45, 7) is 1.91. The van der Waals surface area contributed by atoms with E-state index in [0.717, 1.165) is 35.3 Å². The van der Waals surface area contributed by atoms with Gasteiger partial charge in [-0.05, 0) is 73.9 Å². The van der Waals surface area contributed by atoms with Gasteiger partial charge >= 0.3 is 0 Å². The van der Waals surface area contributed by atoms with Crippen molar-refractivity contribution < 1.29 is 14.0 Å². The third-order valence-electron chi connectivity index (χ3n) is 5.79. The lowest BCUT2D eigenvalue weighted by molar-refractivity contribution is -0.117. The van der Waals surface area contributed by atoms with Crippen molar-refractivity contribution in [3.8, 4) is 16.8 Å². The number of rotatable bonds is 6. The molecule has 1 aromatic heterocycles. The van der Waals surface area contributed by atoms with E-state index in [2.05, 4.69) is 10.6 Å². The average molecular weight is 455 g/mol. The SMILES string of the molecule is Cc1nn(-c2ccc(C(=O)Nc3ccc(F)cc3)cc2)c(NC(=O)C2CC2)c1-c1ccccc1. The minimum Gasteiger partial charge on any atom is -0.322 e. The third kappa shape index (κ3) is 4.45. The van der Waals surface area contributed by atoms with Crippen LogP contribution in [0.15, 0.2) is 78.9 Å². The van der Waals surface area contributed by atoms with Crippen LogP contribution in [0.3, 0.4) is 0 Å². The van der Waals surface area contributed by atoms with E-state index < -0.39 is 0 Å². The van der Waals surface area contributed by atoms with Gasteiger partial charge in [-0.25, -0.2) is 9.07 Å². The molecule has 170 valence electrons. The fourth-order valence-corrected chi connectivity index (χ4v) is 3.83. The maximum atomic E-state index is 13.1.